The molecule has 1 N–H and O–H groups in total. The summed E-state index contributed by atoms with van der Waals surface area (Å²) in [5, 5.41) is 3.79. The highest BCUT2D eigenvalue weighted by Crippen LogP contribution is 2.25. The molecule has 0 spiro atoms. The van der Waals surface area contributed by atoms with Gasteiger partial charge in [0.15, 0.2) is 0 Å². The molecule has 1 aliphatic heterocycles. The number of nitrogens with zero attached hydrogens (tertiary/aromatic N) is 1. The third-order valence-electron chi connectivity index (χ3n) is 5.31. The van der Waals surface area contributed by atoms with E-state index in [0.29, 0.717) is 24.4 Å². The van der Waals surface area contributed by atoms with Crippen LogP contribution >= 0.6 is 0 Å². The van der Waals surface area contributed by atoms with E-state index >= 15 is 0 Å². The van der Waals surface area contributed by atoms with E-state index in [9.17, 15) is 13.2 Å². The topological polar surface area (TPSA) is 88.8 Å². The Balaban J connectivity index is 1.41. The minimum Gasteiger partial charge on any atom is -0.458 e. The zero-order valence-corrected chi connectivity index (χ0v) is 17.5. The van der Waals surface area contributed by atoms with Crippen molar-refractivity contribution in [3.63, 3.8) is 0 Å². The highest BCUT2D eigenvalue weighted by atomic mass is 32.2. The van der Waals surface area contributed by atoms with Crippen LogP contribution in [0, 0.1) is 0 Å². The Hall–Kier alpha value is -2.68. The lowest BCUT2D eigenvalue weighted by atomic mass is 10.2. The van der Waals surface area contributed by atoms with E-state index < -0.39 is 16.1 Å². The van der Waals surface area contributed by atoms with Gasteiger partial charge in [-0.25, -0.2) is 8.42 Å². The van der Waals surface area contributed by atoms with E-state index in [-0.39, 0.29) is 17.3 Å². The number of hydrogen-bond acceptors (Lipinski definition) is 5. The minimum absolute atomic E-state index is 0.206. The summed E-state index contributed by atoms with van der Waals surface area (Å²) in [7, 11) is -1.93. The van der Waals surface area contributed by atoms with E-state index in [1.54, 1.807) is 7.11 Å². The van der Waals surface area contributed by atoms with Crippen LogP contribution < -0.4 is 5.32 Å². The number of methoxy groups -OCH3 is 1. The first-order chi connectivity index (χ1) is 14.5. The number of nitrogens with one attached hydrogen (secondary N) is 1. The molecule has 2 heterocycles. The summed E-state index contributed by atoms with van der Waals surface area (Å²) in [6, 6.07) is 15.6. The number of hydrogen-bond donors (Lipinski definition) is 1. The van der Waals surface area contributed by atoms with E-state index in [2.05, 4.69) is 5.32 Å². The van der Waals surface area contributed by atoms with Gasteiger partial charge in [-0.15, -0.1) is 0 Å². The Kier molecular flexibility index (Phi) is 5.90. The molecule has 30 heavy (non-hydrogen) atoms. The second-order valence-electron chi connectivity index (χ2n) is 7.26. The molecule has 0 aliphatic carbocycles. The number of carbonyl (C=O) groups is 1. The number of sulfonamides is 1. The van der Waals surface area contributed by atoms with Crippen molar-refractivity contribution in [2.45, 2.75) is 23.8 Å². The summed E-state index contributed by atoms with van der Waals surface area (Å²) < 4.78 is 38.0. The van der Waals surface area contributed by atoms with Crippen molar-refractivity contribution >= 4 is 26.9 Å². The van der Waals surface area contributed by atoms with Gasteiger partial charge >= 0.3 is 0 Å². The number of amides is 1. The van der Waals surface area contributed by atoms with Crippen LogP contribution in [0.5, 0.6) is 0 Å². The van der Waals surface area contributed by atoms with Crippen molar-refractivity contribution in [1.29, 1.82) is 0 Å². The fourth-order valence-electron chi connectivity index (χ4n) is 3.60. The molecule has 8 heteroatoms. The van der Waals surface area contributed by atoms with Gasteiger partial charge in [0, 0.05) is 31.1 Å². The van der Waals surface area contributed by atoms with Crippen molar-refractivity contribution in [3.05, 3.63) is 65.9 Å². The molecule has 1 aromatic heterocycles. The Labute approximate surface area is 175 Å². The Morgan fingerprint density at radius 2 is 1.83 bits per heavy atom. The molecule has 0 radical (unpaired) electrons. The maximum absolute atomic E-state index is 12.6. The van der Waals surface area contributed by atoms with Crippen LogP contribution in [-0.4, -0.2) is 45.4 Å². The molecule has 1 atom stereocenters. The summed E-state index contributed by atoms with van der Waals surface area (Å²) in [5.41, 5.74) is 1.14. The lowest BCUT2D eigenvalue weighted by Gasteiger charge is -2.16. The quantitative estimate of drug-likeness (QED) is 0.624. The molecule has 0 saturated carbocycles. The first-order valence-electron chi connectivity index (χ1n) is 9.89. The molecule has 2 aromatic carbocycles. The number of para-hydroxylation sites is 1. The lowest BCUT2D eigenvalue weighted by molar-refractivity contribution is 0.0747. The van der Waals surface area contributed by atoms with Gasteiger partial charge in [-0.2, -0.15) is 4.31 Å². The molecule has 4 rings (SSSR count). The summed E-state index contributed by atoms with van der Waals surface area (Å²) in [5.74, 6) is 0.323. The van der Waals surface area contributed by atoms with Gasteiger partial charge in [-0.1, -0.05) is 18.2 Å². The van der Waals surface area contributed by atoms with E-state index in [1.807, 2.05) is 30.3 Å². The van der Waals surface area contributed by atoms with Gasteiger partial charge in [0.1, 0.15) is 17.4 Å². The average molecular weight is 429 g/mol. The second kappa shape index (κ2) is 8.59. The van der Waals surface area contributed by atoms with Crippen molar-refractivity contribution in [3.8, 4) is 0 Å². The number of carbonyl (C=O) groups excluding carboxylic acids is 1. The Morgan fingerprint density at radius 1 is 1.13 bits per heavy atom. The van der Waals surface area contributed by atoms with Crippen LogP contribution in [0.1, 0.15) is 35.1 Å². The predicted molar refractivity (Wildman–Crippen MR) is 113 cm³/mol. The maximum atomic E-state index is 12.6. The monoisotopic (exact) mass is 428 g/mol. The van der Waals surface area contributed by atoms with E-state index in [0.717, 1.165) is 23.8 Å². The van der Waals surface area contributed by atoms with Crippen LogP contribution in [0.25, 0.3) is 11.0 Å². The van der Waals surface area contributed by atoms with Crippen LogP contribution in [0.15, 0.2) is 63.9 Å². The van der Waals surface area contributed by atoms with Gasteiger partial charge in [0.05, 0.1) is 11.4 Å². The summed E-state index contributed by atoms with van der Waals surface area (Å²) >= 11 is 0. The fourth-order valence-corrected chi connectivity index (χ4v) is 5.12. The molecule has 1 fully saturated rings. The molecule has 158 valence electrons. The zero-order valence-electron chi connectivity index (χ0n) is 16.7. The molecule has 7 nitrogen and oxygen atoms in total. The van der Waals surface area contributed by atoms with E-state index in [1.165, 1.54) is 28.6 Å². The molecule has 1 aliphatic rings. The molecule has 1 amide bonds. The number of furan rings is 1. The van der Waals surface area contributed by atoms with Gasteiger partial charge < -0.3 is 14.5 Å². The smallest absolute Gasteiger partial charge is 0.251 e. The standard InChI is InChI=1S/C22H24N2O5S/c1-28-21(20-14-17-6-2-3-7-19(17)29-20)15-23-22(25)16-8-10-18(11-9-16)30(26,27)24-12-4-5-13-24/h2-3,6-11,14,21H,4-5,12-13,15H2,1H3,(H,23,25). The third kappa shape index (κ3) is 4.12. The van der Waals surface area contributed by atoms with E-state index in [4.69, 9.17) is 9.15 Å². The third-order valence-corrected chi connectivity index (χ3v) is 7.23. The van der Waals surface area contributed by atoms with Gasteiger partial charge in [0.2, 0.25) is 10.0 Å². The highest BCUT2D eigenvalue weighted by Gasteiger charge is 2.27. The largest absolute Gasteiger partial charge is 0.458 e. The van der Waals surface area contributed by atoms with Crippen LogP contribution in [-0.2, 0) is 14.8 Å². The maximum Gasteiger partial charge on any atom is 0.251 e. The minimum atomic E-state index is -3.49. The summed E-state index contributed by atoms with van der Waals surface area (Å²) in [4.78, 5) is 12.7. The van der Waals surface area contributed by atoms with Crippen molar-refractivity contribution in [1.82, 2.24) is 9.62 Å². The normalized spacial score (nSPS) is 16.0. The summed E-state index contributed by atoms with van der Waals surface area (Å²) in [6.07, 6.45) is 1.33. The lowest BCUT2D eigenvalue weighted by Crippen LogP contribution is -2.29. The van der Waals surface area contributed by atoms with Crippen molar-refractivity contribution in [2.24, 2.45) is 0 Å². The molecular weight excluding hydrogens is 404 g/mol. The van der Waals surface area contributed by atoms with Crippen LogP contribution in [0.2, 0.25) is 0 Å². The fraction of sp³-hybridized carbons (Fsp3) is 0.318. The average Bonchev–Trinajstić information content (AvgIpc) is 3.44. The van der Waals surface area contributed by atoms with Gasteiger partial charge in [-0.05, 0) is 49.2 Å². The first kappa shape index (κ1) is 20.6. The van der Waals surface area contributed by atoms with Crippen LogP contribution in [0.4, 0.5) is 0 Å². The van der Waals surface area contributed by atoms with Crippen molar-refractivity contribution in [2.75, 3.05) is 26.7 Å². The highest BCUT2D eigenvalue weighted by molar-refractivity contribution is 7.89. The van der Waals surface area contributed by atoms with Gasteiger partial charge in [0.25, 0.3) is 5.91 Å². The number of benzene rings is 2. The Morgan fingerprint density at radius 3 is 2.50 bits per heavy atom. The van der Waals surface area contributed by atoms with Crippen molar-refractivity contribution < 1.29 is 22.4 Å². The molecular formula is C22H24N2O5S. The number of fused-ring (bicyclic) bond motifs is 1. The number of ether oxygens (including phenoxy) is 1. The molecule has 1 unspecified atom stereocenters. The second-order valence-corrected chi connectivity index (χ2v) is 9.19. The molecule has 3 aromatic rings. The van der Waals surface area contributed by atoms with Gasteiger partial charge in [-0.3, -0.25) is 4.79 Å². The zero-order chi connectivity index (χ0) is 21.1. The van der Waals surface area contributed by atoms with Crippen LogP contribution in [0.3, 0.4) is 0 Å². The number of rotatable bonds is 7. The Bertz CT molecular complexity index is 1100. The first-order valence-corrected chi connectivity index (χ1v) is 11.3. The molecule has 1 saturated heterocycles. The molecule has 0 bridgehead atoms. The summed E-state index contributed by atoms with van der Waals surface area (Å²) in [6.45, 7) is 1.32. The SMILES string of the molecule is COC(CNC(=O)c1ccc(S(=O)(=O)N2CCCC2)cc1)c1cc2ccccc2o1. The predicted octanol–water partition coefficient (Wildman–Crippen LogP) is 3.33.